The van der Waals surface area contributed by atoms with Crippen LogP contribution >= 0.6 is 11.6 Å². The zero-order valence-electron chi connectivity index (χ0n) is 16.5. The van der Waals surface area contributed by atoms with Crippen LogP contribution < -0.4 is 10.9 Å². The van der Waals surface area contributed by atoms with Crippen molar-refractivity contribution in [3.63, 3.8) is 0 Å². The number of imidazole rings is 1. The van der Waals surface area contributed by atoms with Gasteiger partial charge in [0, 0.05) is 31.5 Å². The molecule has 4 rings (SSSR count). The lowest BCUT2D eigenvalue weighted by atomic mass is 10.1. The Balaban J connectivity index is 1.52. The van der Waals surface area contributed by atoms with Gasteiger partial charge in [0.1, 0.15) is 22.4 Å². The number of hydrogen-bond acceptors (Lipinski definition) is 4. The van der Waals surface area contributed by atoms with Gasteiger partial charge in [-0.2, -0.15) is 9.78 Å². The summed E-state index contributed by atoms with van der Waals surface area (Å²) in [4.78, 5) is 16.8. The number of rotatable bonds is 6. The highest BCUT2D eigenvalue weighted by molar-refractivity contribution is 6.32. The van der Waals surface area contributed by atoms with E-state index in [-0.39, 0.29) is 10.7 Å². The number of anilines is 1. The van der Waals surface area contributed by atoms with E-state index in [9.17, 15) is 13.6 Å². The average Bonchev–Trinajstić information content (AvgIpc) is 3.14. The number of aromatic nitrogens is 4. The molecule has 0 saturated carbocycles. The van der Waals surface area contributed by atoms with Crippen LogP contribution in [0.3, 0.4) is 0 Å². The number of hydrogen-bond donors (Lipinski definition) is 1. The normalized spacial score (nSPS) is 11.0. The van der Waals surface area contributed by atoms with E-state index in [1.807, 2.05) is 42.0 Å². The van der Waals surface area contributed by atoms with Crippen molar-refractivity contribution in [1.29, 1.82) is 0 Å². The van der Waals surface area contributed by atoms with Gasteiger partial charge in [-0.3, -0.25) is 4.79 Å². The Morgan fingerprint density at radius 1 is 1.13 bits per heavy atom. The van der Waals surface area contributed by atoms with Crippen molar-refractivity contribution in [2.45, 2.75) is 20.0 Å². The van der Waals surface area contributed by atoms with Crippen molar-refractivity contribution in [1.82, 2.24) is 19.3 Å². The summed E-state index contributed by atoms with van der Waals surface area (Å²) in [6.07, 6.45) is 5.02. The summed E-state index contributed by atoms with van der Waals surface area (Å²) in [7, 11) is 0. The van der Waals surface area contributed by atoms with E-state index in [1.54, 1.807) is 6.20 Å². The second-order valence-electron chi connectivity index (χ2n) is 6.96. The predicted octanol–water partition coefficient (Wildman–Crippen LogP) is 4.33. The molecule has 0 saturated heterocycles. The van der Waals surface area contributed by atoms with Crippen molar-refractivity contribution in [2.75, 3.05) is 5.32 Å². The second-order valence-corrected chi connectivity index (χ2v) is 7.34. The maximum Gasteiger partial charge on any atom is 0.292 e. The molecule has 0 atom stereocenters. The Kier molecular flexibility index (Phi) is 5.81. The zero-order chi connectivity index (χ0) is 22.0. The molecule has 31 heavy (non-hydrogen) atoms. The molecule has 0 fully saturated rings. The third kappa shape index (κ3) is 4.49. The first kappa shape index (κ1) is 20.7. The molecular weight excluding hydrogens is 424 g/mol. The molecule has 1 N–H and O–H groups in total. The quantitative estimate of drug-likeness (QED) is 0.483. The molecule has 9 heteroatoms. The number of benzene rings is 2. The summed E-state index contributed by atoms with van der Waals surface area (Å²) < 4.78 is 30.0. The third-order valence-corrected chi connectivity index (χ3v) is 5.17. The van der Waals surface area contributed by atoms with E-state index in [4.69, 9.17) is 11.6 Å². The second kappa shape index (κ2) is 8.69. The van der Waals surface area contributed by atoms with E-state index < -0.39 is 17.2 Å². The molecule has 0 radical (unpaired) electrons. The summed E-state index contributed by atoms with van der Waals surface area (Å²) in [6.45, 7) is 3.05. The van der Waals surface area contributed by atoms with Crippen LogP contribution in [0.5, 0.6) is 0 Å². The van der Waals surface area contributed by atoms with Crippen LogP contribution in [0.25, 0.3) is 5.69 Å². The number of aryl methyl sites for hydroxylation is 1. The minimum atomic E-state index is -0.906. The lowest BCUT2D eigenvalue weighted by molar-refractivity contribution is 0.571. The van der Waals surface area contributed by atoms with Crippen molar-refractivity contribution in [3.05, 3.63) is 105 Å². The topological polar surface area (TPSA) is 64.7 Å². The first-order valence-electron chi connectivity index (χ1n) is 9.45. The minimum absolute atomic E-state index is 0.135. The van der Waals surface area contributed by atoms with Crippen molar-refractivity contribution >= 4 is 17.3 Å². The number of nitrogens with zero attached hydrogens (tertiary/aromatic N) is 4. The number of halogens is 3. The van der Waals surface area contributed by atoms with Crippen molar-refractivity contribution in [2.24, 2.45) is 0 Å². The molecule has 2 heterocycles. The van der Waals surface area contributed by atoms with Gasteiger partial charge < -0.3 is 9.88 Å². The Labute approximate surface area is 181 Å². The molecule has 0 bridgehead atoms. The standard InChI is InChI=1S/C22H18ClF2N5O/c1-14-26-7-8-29(14)13-16-4-2-3-15(9-16)11-27-19-12-28-30(22(31)21(19)23)20-6-5-17(24)10-18(20)25/h2-10,12,27H,11,13H2,1H3. The summed E-state index contributed by atoms with van der Waals surface area (Å²) >= 11 is 6.20. The van der Waals surface area contributed by atoms with Crippen LogP contribution in [-0.2, 0) is 13.1 Å². The van der Waals surface area contributed by atoms with Gasteiger partial charge in [0.05, 0.1) is 11.9 Å². The molecule has 0 unspecified atom stereocenters. The third-order valence-electron chi connectivity index (χ3n) is 4.81. The monoisotopic (exact) mass is 441 g/mol. The van der Waals surface area contributed by atoms with Gasteiger partial charge in [0.25, 0.3) is 5.56 Å². The van der Waals surface area contributed by atoms with Gasteiger partial charge in [-0.15, -0.1) is 0 Å². The van der Waals surface area contributed by atoms with Gasteiger partial charge in [0.2, 0.25) is 0 Å². The van der Waals surface area contributed by atoms with Crippen LogP contribution in [0, 0.1) is 18.6 Å². The Morgan fingerprint density at radius 3 is 2.68 bits per heavy atom. The lowest BCUT2D eigenvalue weighted by Crippen LogP contribution is -2.23. The molecule has 4 aromatic rings. The van der Waals surface area contributed by atoms with Crippen LogP contribution in [0.1, 0.15) is 17.0 Å². The van der Waals surface area contributed by atoms with Gasteiger partial charge in [-0.1, -0.05) is 35.9 Å². The Hall–Kier alpha value is -3.52. The van der Waals surface area contributed by atoms with Crippen molar-refractivity contribution in [3.8, 4) is 5.69 Å². The first-order valence-corrected chi connectivity index (χ1v) is 9.83. The van der Waals surface area contributed by atoms with E-state index in [0.717, 1.165) is 33.8 Å². The molecule has 0 aliphatic rings. The molecule has 2 aromatic carbocycles. The molecular formula is C22H18ClF2N5O. The summed E-state index contributed by atoms with van der Waals surface area (Å²) in [5.41, 5.74) is 1.53. The van der Waals surface area contributed by atoms with Gasteiger partial charge >= 0.3 is 0 Å². The largest absolute Gasteiger partial charge is 0.378 e. The molecule has 6 nitrogen and oxygen atoms in total. The zero-order valence-corrected chi connectivity index (χ0v) is 17.3. The highest BCUT2D eigenvalue weighted by atomic mass is 35.5. The van der Waals surface area contributed by atoms with E-state index in [0.29, 0.717) is 24.8 Å². The van der Waals surface area contributed by atoms with E-state index in [1.165, 1.54) is 6.20 Å². The number of nitrogens with one attached hydrogen (secondary N) is 1. The van der Waals surface area contributed by atoms with Gasteiger partial charge in [0.15, 0.2) is 5.82 Å². The SMILES string of the molecule is Cc1nccn1Cc1cccc(CNc2cnn(-c3ccc(F)cc3F)c(=O)c2Cl)c1. The van der Waals surface area contributed by atoms with Crippen LogP contribution in [0.15, 0.2) is 65.8 Å². The fourth-order valence-electron chi connectivity index (χ4n) is 3.18. The van der Waals surface area contributed by atoms with Gasteiger partial charge in [-0.25, -0.2) is 13.8 Å². The highest BCUT2D eigenvalue weighted by Gasteiger charge is 2.14. The highest BCUT2D eigenvalue weighted by Crippen LogP contribution is 2.19. The van der Waals surface area contributed by atoms with Gasteiger partial charge in [-0.05, 0) is 30.2 Å². The fraction of sp³-hybridized carbons (Fsp3) is 0.136. The molecule has 158 valence electrons. The minimum Gasteiger partial charge on any atom is -0.378 e. The van der Waals surface area contributed by atoms with Crippen LogP contribution in [0.2, 0.25) is 5.02 Å². The maximum absolute atomic E-state index is 14.0. The van der Waals surface area contributed by atoms with E-state index in [2.05, 4.69) is 15.4 Å². The molecule has 2 aromatic heterocycles. The van der Waals surface area contributed by atoms with Crippen LogP contribution in [0.4, 0.5) is 14.5 Å². The lowest BCUT2D eigenvalue weighted by Gasteiger charge is -2.12. The van der Waals surface area contributed by atoms with E-state index >= 15 is 0 Å². The predicted molar refractivity (Wildman–Crippen MR) is 115 cm³/mol. The molecule has 0 spiro atoms. The Morgan fingerprint density at radius 2 is 1.94 bits per heavy atom. The molecule has 0 aliphatic carbocycles. The maximum atomic E-state index is 14.0. The summed E-state index contributed by atoms with van der Waals surface area (Å²) in [6, 6.07) is 10.8. The molecule has 0 amide bonds. The first-order chi connectivity index (χ1) is 14.9. The summed E-state index contributed by atoms with van der Waals surface area (Å²) in [5.74, 6) is -0.722. The summed E-state index contributed by atoms with van der Waals surface area (Å²) in [5, 5.41) is 6.93. The smallest absolute Gasteiger partial charge is 0.292 e. The fourth-order valence-corrected chi connectivity index (χ4v) is 3.38. The molecule has 0 aliphatic heterocycles. The van der Waals surface area contributed by atoms with Crippen molar-refractivity contribution < 1.29 is 8.78 Å². The average molecular weight is 442 g/mol. The van der Waals surface area contributed by atoms with Crippen LogP contribution in [-0.4, -0.2) is 19.3 Å². The Bertz CT molecular complexity index is 1300.